The molecule has 0 aliphatic carbocycles. The topological polar surface area (TPSA) is 76.1 Å². The van der Waals surface area contributed by atoms with Gasteiger partial charge in [0.25, 0.3) is 0 Å². The molecule has 0 atom stereocenters. The highest BCUT2D eigenvalue weighted by Crippen LogP contribution is 2.28. The van der Waals surface area contributed by atoms with Gasteiger partial charge in [0, 0.05) is 25.9 Å². The van der Waals surface area contributed by atoms with Gasteiger partial charge in [0.2, 0.25) is 5.91 Å². The SMILES string of the molecule is COc1ccc(CCC(=O)N2CCC(CC(=O)O)CC2)cc1OC. The molecule has 0 aromatic heterocycles. The Morgan fingerprint density at radius 3 is 2.42 bits per heavy atom. The highest BCUT2D eigenvalue weighted by molar-refractivity contribution is 5.76. The van der Waals surface area contributed by atoms with Crippen molar-refractivity contribution in [3.63, 3.8) is 0 Å². The summed E-state index contributed by atoms with van der Waals surface area (Å²) in [5.41, 5.74) is 1.03. The zero-order chi connectivity index (χ0) is 17.5. The number of benzene rings is 1. The number of likely N-dealkylation sites (tertiary alicyclic amines) is 1. The molecule has 132 valence electrons. The normalized spacial score (nSPS) is 15.2. The molecule has 1 aliphatic rings. The molecule has 1 aliphatic heterocycles. The lowest BCUT2D eigenvalue weighted by molar-refractivity contribution is -0.138. The number of aryl methyl sites for hydroxylation is 1. The molecular formula is C18H25NO5. The fourth-order valence-corrected chi connectivity index (χ4v) is 3.08. The number of hydrogen-bond donors (Lipinski definition) is 1. The Labute approximate surface area is 142 Å². The summed E-state index contributed by atoms with van der Waals surface area (Å²) in [5, 5.41) is 8.83. The summed E-state index contributed by atoms with van der Waals surface area (Å²) < 4.78 is 10.5. The van der Waals surface area contributed by atoms with Gasteiger partial charge >= 0.3 is 5.97 Å². The monoisotopic (exact) mass is 335 g/mol. The Bertz CT molecular complexity index is 579. The molecule has 6 heteroatoms. The molecule has 24 heavy (non-hydrogen) atoms. The van der Waals surface area contributed by atoms with Crippen LogP contribution in [-0.4, -0.2) is 49.2 Å². The maximum Gasteiger partial charge on any atom is 0.303 e. The van der Waals surface area contributed by atoms with E-state index in [-0.39, 0.29) is 18.2 Å². The average Bonchev–Trinajstić information content (AvgIpc) is 2.59. The van der Waals surface area contributed by atoms with E-state index in [2.05, 4.69) is 0 Å². The van der Waals surface area contributed by atoms with Crippen molar-refractivity contribution in [2.75, 3.05) is 27.3 Å². The first-order valence-corrected chi connectivity index (χ1v) is 8.24. The van der Waals surface area contributed by atoms with Crippen LogP contribution in [0.3, 0.4) is 0 Å². The van der Waals surface area contributed by atoms with Crippen molar-refractivity contribution in [2.24, 2.45) is 5.92 Å². The van der Waals surface area contributed by atoms with Crippen molar-refractivity contribution in [1.29, 1.82) is 0 Å². The van der Waals surface area contributed by atoms with Gasteiger partial charge in [-0.3, -0.25) is 9.59 Å². The number of carbonyl (C=O) groups is 2. The first-order chi connectivity index (χ1) is 11.5. The van der Waals surface area contributed by atoms with Gasteiger partial charge in [-0.2, -0.15) is 0 Å². The summed E-state index contributed by atoms with van der Waals surface area (Å²) >= 11 is 0. The van der Waals surface area contributed by atoms with Crippen LogP contribution < -0.4 is 9.47 Å². The lowest BCUT2D eigenvalue weighted by atomic mass is 9.93. The molecule has 0 bridgehead atoms. The van der Waals surface area contributed by atoms with Gasteiger partial charge in [0.15, 0.2) is 11.5 Å². The average molecular weight is 335 g/mol. The van der Waals surface area contributed by atoms with Crippen LogP contribution in [0.25, 0.3) is 0 Å². The van der Waals surface area contributed by atoms with Gasteiger partial charge in [-0.1, -0.05) is 6.07 Å². The summed E-state index contributed by atoms with van der Waals surface area (Å²) in [6.45, 7) is 1.31. The van der Waals surface area contributed by atoms with Crippen molar-refractivity contribution in [3.8, 4) is 11.5 Å². The zero-order valence-electron chi connectivity index (χ0n) is 14.3. The molecule has 6 nitrogen and oxygen atoms in total. The predicted octanol–water partition coefficient (Wildman–Crippen LogP) is 2.35. The molecule has 0 saturated carbocycles. The minimum Gasteiger partial charge on any atom is -0.493 e. The fourth-order valence-electron chi connectivity index (χ4n) is 3.08. The van der Waals surface area contributed by atoms with Gasteiger partial charge in [-0.25, -0.2) is 0 Å². The number of aliphatic carboxylic acids is 1. The van der Waals surface area contributed by atoms with Gasteiger partial charge in [-0.15, -0.1) is 0 Å². The highest BCUT2D eigenvalue weighted by Gasteiger charge is 2.24. The standard InChI is InChI=1S/C18H25NO5/c1-23-15-5-3-13(11-16(15)24-2)4-6-17(20)19-9-7-14(8-10-19)12-18(21)22/h3,5,11,14H,4,6-10,12H2,1-2H3,(H,21,22). The molecule has 1 saturated heterocycles. The van der Waals surface area contributed by atoms with Crippen LogP contribution >= 0.6 is 0 Å². The van der Waals surface area contributed by atoms with Crippen molar-refractivity contribution in [2.45, 2.75) is 32.1 Å². The smallest absolute Gasteiger partial charge is 0.303 e. The molecule has 1 heterocycles. The molecule has 1 aromatic rings. The number of carboxylic acids is 1. The van der Waals surface area contributed by atoms with Gasteiger partial charge in [-0.05, 0) is 42.9 Å². The number of hydrogen-bond acceptors (Lipinski definition) is 4. The number of piperidine rings is 1. The van der Waals surface area contributed by atoms with E-state index < -0.39 is 5.97 Å². The van der Waals surface area contributed by atoms with Gasteiger partial charge in [0.05, 0.1) is 14.2 Å². The first-order valence-electron chi connectivity index (χ1n) is 8.24. The second kappa shape index (κ2) is 8.57. The molecule has 0 radical (unpaired) electrons. The van der Waals surface area contributed by atoms with E-state index in [0.29, 0.717) is 37.4 Å². The fraction of sp³-hybridized carbons (Fsp3) is 0.556. The number of nitrogens with zero attached hydrogens (tertiary/aromatic N) is 1. The molecule has 1 aromatic carbocycles. The minimum absolute atomic E-state index is 0.124. The molecule has 1 N–H and O–H groups in total. The van der Waals surface area contributed by atoms with Gasteiger partial charge < -0.3 is 19.5 Å². The molecule has 1 amide bonds. The maximum atomic E-state index is 12.3. The Kier molecular flexibility index (Phi) is 6.46. The number of ether oxygens (including phenoxy) is 2. The molecular weight excluding hydrogens is 310 g/mol. The minimum atomic E-state index is -0.756. The summed E-state index contributed by atoms with van der Waals surface area (Å²) in [6.07, 6.45) is 2.84. The maximum absolute atomic E-state index is 12.3. The summed E-state index contributed by atoms with van der Waals surface area (Å²) in [4.78, 5) is 24.9. The summed E-state index contributed by atoms with van der Waals surface area (Å²) in [7, 11) is 3.18. The second-order valence-electron chi connectivity index (χ2n) is 6.11. The van der Waals surface area contributed by atoms with E-state index >= 15 is 0 Å². The quantitative estimate of drug-likeness (QED) is 0.828. The van der Waals surface area contributed by atoms with Crippen molar-refractivity contribution >= 4 is 11.9 Å². The number of amides is 1. The third-order valence-electron chi connectivity index (χ3n) is 4.51. The van der Waals surface area contributed by atoms with Gasteiger partial charge in [0.1, 0.15) is 0 Å². The number of carboxylic acid groups (broad SMARTS) is 1. The van der Waals surface area contributed by atoms with Crippen molar-refractivity contribution < 1.29 is 24.2 Å². The number of rotatable bonds is 7. The molecule has 0 spiro atoms. The van der Waals surface area contributed by atoms with E-state index in [9.17, 15) is 9.59 Å². The van der Waals surface area contributed by atoms with Crippen LogP contribution in [0.15, 0.2) is 18.2 Å². The lowest BCUT2D eigenvalue weighted by Gasteiger charge is -2.31. The number of carbonyl (C=O) groups excluding carboxylic acids is 1. The third kappa shape index (κ3) is 4.88. The van der Waals surface area contributed by atoms with Crippen LogP contribution in [-0.2, 0) is 16.0 Å². The van der Waals surface area contributed by atoms with E-state index in [4.69, 9.17) is 14.6 Å². The Morgan fingerprint density at radius 2 is 1.83 bits per heavy atom. The number of methoxy groups -OCH3 is 2. The summed E-state index contributed by atoms with van der Waals surface area (Å²) in [6, 6.07) is 5.68. The molecule has 1 fully saturated rings. The highest BCUT2D eigenvalue weighted by atomic mass is 16.5. The Hall–Kier alpha value is -2.24. The Balaban J connectivity index is 1.82. The van der Waals surface area contributed by atoms with Crippen molar-refractivity contribution in [1.82, 2.24) is 4.90 Å². The Morgan fingerprint density at radius 1 is 1.17 bits per heavy atom. The van der Waals surface area contributed by atoms with E-state index in [1.54, 1.807) is 14.2 Å². The van der Waals surface area contributed by atoms with Crippen LogP contribution in [0, 0.1) is 5.92 Å². The van der Waals surface area contributed by atoms with Crippen LogP contribution in [0.1, 0.15) is 31.2 Å². The first kappa shape index (κ1) is 18.1. The predicted molar refractivity (Wildman–Crippen MR) is 89.4 cm³/mol. The zero-order valence-corrected chi connectivity index (χ0v) is 14.3. The molecule has 2 rings (SSSR count). The van der Waals surface area contributed by atoms with Crippen LogP contribution in [0.5, 0.6) is 11.5 Å². The van der Waals surface area contributed by atoms with Crippen LogP contribution in [0.4, 0.5) is 0 Å². The largest absolute Gasteiger partial charge is 0.493 e. The van der Waals surface area contributed by atoms with E-state index in [1.165, 1.54) is 0 Å². The van der Waals surface area contributed by atoms with Crippen molar-refractivity contribution in [3.05, 3.63) is 23.8 Å². The second-order valence-corrected chi connectivity index (χ2v) is 6.11. The third-order valence-corrected chi connectivity index (χ3v) is 4.51. The van der Waals surface area contributed by atoms with E-state index in [1.807, 2.05) is 23.1 Å². The summed E-state index contributed by atoms with van der Waals surface area (Å²) in [5.74, 6) is 0.897. The van der Waals surface area contributed by atoms with Crippen LogP contribution in [0.2, 0.25) is 0 Å². The lowest BCUT2D eigenvalue weighted by Crippen LogP contribution is -2.39. The van der Waals surface area contributed by atoms with E-state index in [0.717, 1.165) is 18.4 Å². The molecule has 0 unspecified atom stereocenters.